The number of rotatable bonds is 4. The van der Waals surface area contributed by atoms with Crippen LogP contribution in [0.2, 0.25) is 10.0 Å². The number of carbonyl (C=O) groups is 2. The van der Waals surface area contributed by atoms with Gasteiger partial charge in [0.15, 0.2) is 12.7 Å². The zero-order valence-electron chi connectivity index (χ0n) is 13.9. The number of fused-ring (bicyclic) bond motifs is 1. The molecular formula is C18H16Cl2N2O4. The van der Waals surface area contributed by atoms with E-state index in [0.29, 0.717) is 22.2 Å². The maximum atomic E-state index is 12.7. The van der Waals surface area contributed by atoms with Gasteiger partial charge in [-0.1, -0.05) is 41.4 Å². The van der Waals surface area contributed by atoms with E-state index in [1.54, 1.807) is 42.5 Å². The Morgan fingerprint density at radius 1 is 1.23 bits per heavy atom. The number of nitrogens with zero attached hydrogens (tertiary/aromatic N) is 1. The smallest absolute Gasteiger partial charge is 0.265 e. The summed E-state index contributed by atoms with van der Waals surface area (Å²) in [7, 11) is 1.52. The Hall–Kier alpha value is -2.44. The lowest BCUT2D eigenvalue weighted by Crippen LogP contribution is -2.51. The molecule has 2 aromatic carbocycles. The quantitative estimate of drug-likeness (QED) is 0.865. The molecule has 0 radical (unpaired) electrons. The molecule has 1 aliphatic rings. The molecular weight excluding hydrogens is 379 g/mol. The maximum absolute atomic E-state index is 12.7. The van der Waals surface area contributed by atoms with E-state index < -0.39 is 6.10 Å². The highest BCUT2D eigenvalue weighted by atomic mass is 35.5. The fourth-order valence-corrected chi connectivity index (χ4v) is 2.93. The summed E-state index contributed by atoms with van der Waals surface area (Å²) in [5, 5.41) is 3.12. The molecule has 1 aliphatic heterocycles. The van der Waals surface area contributed by atoms with Gasteiger partial charge >= 0.3 is 0 Å². The molecule has 0 bridgehead atoms. The van der Waals surface area contributed by atoms with Crippen molar-refractivity contribution in [3.8, 4) is 11.5 Å². The molecule has 1 heterocycles. The summed E-state index contributed by atoms with van der Waals surface area (Å²) in [5.74, 6) is 0.139. The van der Waals surface area contributed by atoms with Gasteiger partial charge in [0.25, 0.3) is 11.8 Å². The molecule has 0 saturated carbocycles. The molecule has 0 aliphatic carbocycles. The van der Waals surface area contributed by atoms with E-state index in [9.17, 15) is 9.59 Å². The Kier molecular flexibility index (Phi) is 5.54. The van der Waals surface area contributed by atoms with Crippen LogP contribution in [0.5, 0.6) is 11.5 Å². The molecule has 0 fully saturated rings. The Balaban J connectivity index is 1.79. The molecule has 1 unspecified atom stereocenters. The van der Waals surface area contributed by atoms with E-state index >= 15 is 0 Å². The number of carbonyl (C=O) groups excluding carboxylic acids is 2. The topological polar surface area (TPSA) is 67.9 Å². The van der Waals surface area contributed by atoms with Crippen molar-refractivity contribution in [1.29, 1.82) is 0 Å². The maximum Gasteiger partial charge on any atom is 0.265 e. The number of para-hydroxylation sites is 2. The summed E-state index contributed by atoms with van der Waals surface area (Å²) >= 11 is 12.0. The standard InChI is InChI=1S/C18H16Cl2N2O4/c1-21-18(24)15-9-22(12-6-2-3-7-13(12)26-15)16(23)10-25-14-8-4-5-11(19)17(14)20/h2-8,15H,9-10H2,1H3,(H,21,24). The Labute approximate surface area is 160 Å². The minimum atomic E-state index is -0.798. The Morgan fingerprint density at radius 2 is 2.00 bits per heavy atom. The van der Waals surface area contributed by atoms with Gasteiger partial charge in [-0.2, -0.15) is 0 Å². The lowest BCUT2D eigenvalue weighted by molar-refractivity contribution is -0.128. The van der Waals surface area contributed by atoms with Crippen molar-refractivity contribution in [2.75, 3.05) is 25.1 Å². The van der Waals surface area contributed by atoms with Crippen molar-refractivity contribution < 1.29 is 19.1 Å². The van der Waals surface area contributed by atoms with Crippen LogP contribution in [0.25, 0.3) is 0 Å². The van der Waals surface area contributed by atoms with Crippen LogP contribution in [-0.4, -0.2) is 38.1 Å². The van der Waals surface area contributed by atoms with Crippen LogP contribution < -0.4 is 19.7 Å². The van der Waals surface area contributed by atoms with Gasteiger partial charge in [-0.25, -0.2) is 0 Å². The number of benzene rings is 2. The minimum absolute atomic E-state index is 0.0855. The molecule has 136 valence electrons. The third-order valence-electron chi connectivity index (χ3n) is 3.88. The first-order valence-corrected chi connectivity index (χ1v) is 8.61. The zero-order valence-corrected chi connectivity index (χ0v) is 15.4. The van der Waals surface area contributed by atoms with Gasteiger partial charge in [0.1, 0.15) is 16.5 Å². The third kappa shape index (κ3) is 3.71. The molecule has 0 spiro atoms. The molecule has 2 amide bonds. The zero-order chi connectivity index (χ0) is 18.7. The molecule has 1 N–H and O–H groups in total. The fourth-order valence-electron chi connectivity index (χ4n) is 2.58. The van der Waals surface area contributed by atoms with E-state index in [-0.39, 0.29) is 30.0 Å². The predicted octanol–water partition coefficient (Wildman–Crippen LogP) is 2.91. The fraction of sp³-hybridized carbons (Fsp3) is 0.222. The second-order valence-electron chi connectivity index (χ2n) is 5.53. The van der Waals surface area contributed by atoms with Gasteiger partial charge in [0.05, 0.1) is 17.3 Å². The van der Waals surface area contributed by atoms with Crippen LogP contribution in [-0.2, 0) is 9.59 Å². The molecule has 2 aromatic rings. The molecule has 26 heavy (non-hydrogen) atoms. The van der Waals surface area contributed by atoms with Crippen molar-refractivity contribution in [3.05, 3.63) is 52.5 Å². The van der Waals surface area contributed by atoms with Crippen molar-refractivity contribution in [3.63, 3.8) is 0 Å². The summed E-state index contributed by atoms with van der Waals surface area (Å²) in [5.41, 5.74) is 0.582. The van der Waals surface area contributed by atoms with Gasteiger partial charge in [-0.3, -0.25) is 9.59 Å². The number of amides is 2. The lowest BCUT2D eigenvalue weighted by atomic mass is 10.1. The summed E-state index contributed by atoms with van der Waals surface area (Å²) in [6.45, 7) is -0.170. The first-order valence-electron chi connectivity index (χ1n) is 7.85. The summed E-state index contributed by atoms with van der Waals surface area (Å²) in [6, 6.07) is 12.0. The van der Waals surface area contributed by atoms with Crippen LogP contribution >= 0.6 is 23.2 Å². The van der Waals surface area contributed by atoms with Gasteiger partial charge in [0, 0.05) is 7.05 Å². The van der Waals surface area contributed by atoms with E-state index in [1.807, 2.05) is 0 Å². The third-order valence-corrected chi connectivity index (χ3v) is 4.68. The number of likely N-dealkylation sites (N-methyl/N-ethyl adjacent to an activating group) is 1. The minimum Gasteiger partial charge on any atom is -0.482 e. The molecule has 3 rings (SSSR count). The van der Waals surface area contributed by atoms with Crippen molar-refractivity contribution in [2.45, 2.75) is 6.10 Å². The molecule has 6 nitrogen and oxygen atoms in total. The monoisotopic (exact) mass is 394 g/mol. The van der Waals surface area contributed by atoms with Gasteiger partial charge in [-0.15, -0.1) is 0 Å². The van der Waals surface area contributed by atoms with Crippen molar-refractivity contribution in [2.24, 2.45) is 0 Å². The second-order valence-corrected chi connectivity index (χ2v) is 6.32. The average Bonchev–Trinajstić information content (AvgIpc) is 2.67. The average molecular weight is 395 g/mol. The van der Waals surface area contributed by atoms with Gasteiger partial charge in [0.2, 0.25) is 0 Å². The highest BCUT2D eigenvalue weighted by Gasteiger charge is 2.33. The van der Waals surface area contributed by atoms with Crippen LogP contribution in [0.3, 0.4) is 0 Å². The van der Waals surface area contributed by atoms with E-state index in [4.69, 9.17) is 32.7 Å². The second kappa shape index (κ2) is 7.85. The number of anilines is 1. The van der Waals surface area contributed by atoms with Crippen molar-refractivity contribution in [1.82, 2.24) is 5.32 Å². The van der Waals surface area contributed by atoms with Crippen LogP contribution in [0.1, 0.15) is 0 Å². The summed E-state index contributed by atoms with van der Waals surface area (Å²) in [4.78, 5) is 26.2. The molecule has 8 heteroatoms. The Bertz CT molecular complexity index is 844. The first kappa shape index (κ1) is 18.4. The number of halogens is 2. The molecule has 1 atom stereocenters. The Morgan fingerprint density at radius 3 is 2.77 bits per heavy atom. The summed E-state index contributed by atoms with van der Waals surface area (Å²) in [6.07, 6.45) is -0.798. The highest BCUT2D eigenvalue weighted by Crippen LogP contribution is 2.34. The largest absolute Gasteiger partial charge is 0.482 e. The summed E-state index contributed by atoms with van der Waals surface area (Å²) < 4.78 is 11.2. The van der Waals surface area contributed by atoms with Crippen LogP contribution in [0, 0.1) is 0 Å². The highest BCUT2D eigenvalue weighted by molar-refractivity contribution is 6.42. The van der Waals surface area contributed by atoms with Gasteiger partial charge in [-0.05, 0) is 24.3 Å². The van der Waals surface area contributed by atoms with E-state index in [2.05, 4.69) is 5.32 Å². The number of nitrogens with one attached hydrogen (secondary N) is 1. The first-order chi connectivity index (χ1) is 12.5. The molecule has 0 saturated heterocycles. The predicted molar refractivity (Wildman–Crippen MR) is 99.2 cm³/mol. The normalized spacial score (nSPS) is 15.7. The van der Waals surface area contributed by atoms with E-state index in [0.717, 1.165) is 0 Å². The van der Waals surface area contributed by atoms with Crippen LogP contribution in [0.4, 0.5) is 5.69 Å². The number of hydrogen-bond donors (Lipinski definition) is 1. The van der Waals surface area contributed by atoms with Crippen molar-refractivity contribution >= 4 is 40.7 Å². The SMILES string of the molecule is CNC(=O)C1CN(C(=O)COc2cccc(Cl)c2Cl)c2ccccc2O1. The number of hydrogen-bond acceptors (Lipinski definition) is 4. The van der Waals surface area contributed by atoms with Crippen LogP contribution in [0.15, 0.2) is 42.5 Å². The lowest BCUT2D eigenvalue weighted by Gasteiger charge is -2.33. The number of ether oxygens (including phenoxy) is 2. The molecule has 0 aromatic heterocycles. The van der Waals surface area contributed by atoms with Gasteiger partial charge < -0.3 is 19.7 Å². The van der Waals surface area contributed by atoms with E-state index in [1.165, 1.54) is 11.9 Å².